The summed E-state index contributed by atoms with van der Waals surface area (Å²) in [5.74, 6) is 2.26. The van der Waals surface area contributed by atoms with Gasteiger partial charge in [-0.15, -0.1) is 0 Å². The average molecular weight is 354 g/mol. The van der Waals surface area contributed by atoms with E-state index in [4.69, 9.17) is 9.26 Å². The second kappa shape index (κ2) is 7.04. The van der Waals surface area contributed by atoms with E-state index in [2.05, 4.69) is 44.0 Å². The number of hydrogen-bond acceptors (Lipinski definition) is 5. The Labute approximate surface area is 133 Å². The van der Waals surface area contributed by atoms with Crippen LogP contribution in [0.2, 0.25) is 0 Å². The van der Waals surface area contributed by atoms with Gasteiger partial charge >= 0.3 is 0 Å². The van der Waals surface area contributed by atoms with E-state index in [-0.39, 0.29) is 6.04 Å². The van der Waals surface area contributed by atoms with Crippen LogP contribution in [0.3, 0.4) is 0 Å². The summed E-state index contributed by atoms with van der Waals surface area (Å²) in [6, 6.07) is 6.03. The minimum Gasteiger partial charge on any atom is -0.496 e. The van der Waals surface area contributed by atoms with Crippen LogP contribution in [0.15, 0.2) is 27.2 Å². The van der Waals surface area contributed by atoms with Crippen LogP contribution in [0.4, 0.5) is 0 Å². The molecule has 2 rings (SSSR count). The highest BCUT2D eigenvalue weighted by molar-refractivity contribution is 9.10. The van der Waals surface area contributed by atoms with Gasteiger partial charge < -0.3 is 9.26 Å². The fourth-order valence-electron chi connectivity index (χ4n) is 2.05. The van der Waals surface area contributed by atoms with Crippen LogP contribution in [0.5, 0.6) is 5.75 Å². The summed E-state index contributed by atoms with van der Waals surface area (Å²) in [6.07, 6.45) is 0.777. The van der Waals surface area contributed by atoms with Crippen molar-refractivity contribution in [2.45, 2.75) is 32.9 Å². The van der Waals surface area contributed by atoms with Gasteiger partial charge in [0.1, 0.15) is 5.75 Å². The molecule has 114 valence electrons. The maximum Gasteiger partial charge on any atom is 0.243 e. The van der Waals surface area contributed by atoms with Gasteiger partial charge in [-0.2, -0.15) is 4.98 Å². The van der Waals surface area contributed by atoms with Crippen molar-refractivity contribution in [1.29, 1.82) is 0 Å². The molecule has 2 aromatic rings. The van der Waals surface area contributed by atoms with Gasteiger partial charge in [0.05, 0.1) is 13.2 Å². The maximum atomic E-state index is 5.41. The van der Waals surface area contributed by atoms with E-state index in [1.165, 1.54) is 0 Å². The number of halogens is 1. The van der Waals surface area contributed by atoms with Crippen molar-refractivity contribution >= 4 is 15.9 Å². The predicted octanol–water partition coefficient (Wildman–Crippen LogP) is 3.60. The Morgan fingerprint density at radius 3 is 2.81 bits per heavy atom. The van der Waals surface area contributed by atoms with E-state index in [1.807, 2.05) is 26.1 Å². The second-order valence-electron chi connectivity index (χ2n) is 4.95. The van der Waals surface area contributed by atoms with Crippen molar-refractivity contribution in [2.24, 2.45) is 0 Å². The van der Waals surface area contributed by atoms with Crippen molar-refractivity contribution in [1.82, 2.24) is 15.0 Å². The van der Waals surface area contributed by atoms with Crippen LogP contribution in [-0.4, -0.2) is 29.2 Å². The largest absolute Gasteiger partial charge is 0.496 e. The quantitative estimate of drug-likeness (QED) is 0.793. The Morgan fingerprint density at radius 2 is 2.19 bits per heavy atom. The van der Waals surface area contributed by atoms with Crippen LogP contribution >= 0.6 is 15.9 Å². The molecule has 0 N–H and O–H groups in total. The lowest BCUT2D eigenvalue weighted by molar-refractivity contribution is 0.200. The van der Waals surface area contributed by atoms with E-state index in [0.717, 1.165) is 34.6 Å². The molecule has 0 aliphatic rings. The third kappa shape index (κ3) is 3.83. The molecule has 1 aromatic carbocycles. The Morgan fingerprint density at radius 1 is 1.43 bits per heavy atom. The van der Waals surface area contributed by atoms with Crippen molar-refractivity contribution in [2.75, 3.05) is 14.2 Å². The molecule has 1 aromatic heterocycles. The molecule has 1 atom stereocenters. The zero-order chi connectivity index (χ0) is 15.4. The monoisotopic (exact) mass is 353 g/mol. The van der Waals surface area contributed by atoms with Crippen LogP contribution < -0.4 is 4.74 Å². The van der Waals surface area contributed by atoms with Gasteiger partial charge in [0, 0.05) is 23.0 Å². The molecular formula is C15H20BrN3O2. The molecule has 0 saturated carbocycles. The zero-order valence-corrected chi connectivity index (χ0v) is 14.3. The van der Waals surface area contributed by atoms with E-state index in [9.17, 15) is 0 Å². The Balaban J connectivity index is 2.13. The number of rotatable bonds is 6. The average Bonchev–Trinajstić information content (AvgIpc) is 2.95. The van der Waals surface area contributed by atoms with Gasteiger partial charge in [0.25, 0.3) is 0 Å². The number of methoxy groups -OCH3 is 1. The fraction of sp³-hybridized carbons (Fsp3) is 0.467. The zero-order valence-electron chi connectivity index (χ0n) is 12.8. The van der Waals surface area contributed by atoms with Crippen molar-refractivity contribution in [3.8, 4) is 5.75 Å². The first-order chi connectivity index (χ1) is 10.0. The van der Waals surface area contributed by atoms with Gasteiger partial charge in [0.2, 0.25) is 5.89 Å². The minimum absolute atomic E-state index is 0.0430. The van der Waals surface area contributed by atoms with Crippen molar-refractivity contribution < 1.29 is 9.26 Å². The summed E-state index contributed by atoms with van der Waals surface area (Å²) in [5.41, 5.74) is 1.11. The van der Waals surface area contributed by atoms with Gasteiger partial charge in [-0.3, -0.25) is 4.90 Å². The van der Waals surface area contributed by atoms with Crippen molar-refractivity contribution in [3.63, 3.8) is 0 Å². The SMILES string of the molecule is CCc1noc(C(C)N(C)Cc2cc(Br)ccc2OC)n1. The van der Waals surface area contributed by atoms with Gasteiger partial charge in [0.15, 0.2) is 5.82 Å². The number of hydrogen-bond donors (Lipinski definition) is 0. The summed E-state index contributed by atoms with van der Waals surface area (Å²) in [4.78, 5) is 6.54. The third-order valence-electron chi connectivity index (χ3n) is 3.48. The third-order valence-corrected chi connectivity index (χ3v) is 3.97. The van der Waals surface area contributed by atoms with Crippen LogP contribution in [0.1, 0.15) is 37.2 Å². The molecule has 0 spiro atoms. The summed E-state index contributed by atoms with van der Waals surface area (Å²) < 4.78 is 11.8. The molecule has 0 saturated heterocycles. The van der Waals surface area contributed by atoms with E-state index in [0.29, 0.717) is 5.89 Å². The number of aromatic nitrogens is 2. The standard InChI is InChI=1S/C15H20BrN3O2/c1-5-14-17-15(21-18-14)10(2)19(3)9-11-8-12(16)6-7-13(11)20-4/h6-8,10H,5,9H2,1-4H3. The molecule has 0 radical (unpaired) electrons. The smallest absolute Gasteiger partial charge is 0.243 e. The summed E-state index contributed by atoms with van der Waals surface area (Å²) in [5, 5.41) is 3.95. The van der Waals surface area contributed by atoms with Gasteiger partial charge in [-0.1, -0.05) is 28.0 Å². The number of benzene rings is 1. The molecule has 1 heterocycles. The van der Waals surface area contributed by atoms with Crippen LogP contribution in [0, 0.1) is 0 Å². The molecule has 5 nitrogen and oxygen atoms in total. The highest BCUT2D eigenvalue weighted by Gasteiger charge is 2.19. The summed E-state index contributed by atoms with van der Waals surface area (Å²) in [6.45, 7) is 4.79. The van der Waals surface area contributed by atoms with Crippen LogP contribution in [0.25, 0.3) is 0 Å². The van der Waals surface area contributed by atoms with Crippen molar-refractivity contribution in [3.05, 3.63) is 40.0 Å². The molecule has 0 bridgehead atoms. The van der Waals surface area contributed by atoms with Crippen LogP contribution in [-0.2, 0) is 13.0 Å². The highest BCUT2D eigenvalue weighted by Crippen LogP contribution is 2.27. The fourth-order valence-corrected chi connectivity index (χ4v) is 2.45. The summed E-state index contributed by atoms with van der Waals surface area (Å²) in [7, 11) is 3.71. The lowest BCUT2D eigenvalue weighted by Gasteiger charge is -2.22. The molecule has 0 aliphatic carbocycles. The Hall–Kier alpha value is -1.40. The summed E-state index contributed by atoms with van der Waals surface area (Å²) >= 11 is 3.50. The molecular weight excluding hydrogens is 334 g/mol. The lowest BCUT2D eigenvalue weighted by Crippen LogP contribution is -2.22. The lowest BCUT2D eigenvalue weighted by atomic mass is 10.1. The van der Waals surface area contributed by atoms with Gasteiger partial charge in [-0.05, 0) is 32.2 Å². The highest BCUT2D eigenvalue weighted by atomic mass is 79.9. The first-order valence-corrected chi connectivity index (χ1v) is 7.69. The van der Waals surface area contributed by atoms with E-state index >= 15 is 0 Å². The number of nitrogens with zero attached hydrogens (tertiary/aromatic N) is 3. The predicted molar refractivity (Wildman–Crippen MR) is 84.3 cm³/mol. The molecule has 0 fully saturated rings. The molecule has 21 heavy (non-hydrogen) atoms. The molecule has 1 unspecified atom stereocenters. The molecule has 0 aliphatic heterocycles. The topological polar surface area (TPSA) is 51.4 Å². The molecule has 6 heteroatoms. The second-order valence-corrected chi connectivity index (χ2v) is 5.87. The Kier molecular flexibility index (Phi) is 5.36. The van der Waals surface area contributed by atoms with E-state index in [1.54, 1.807) is 7.11 Å². The normalized spacial score (nSPS) is 12.7. The Bertz CT molecular complexity index is 600. The number of aryl methyl sites for hydroxylation is 1. The minimum atomic E-state index is 0.0430. The van der Waals surface area contributed by atoms with E-state index < -0.39 is 0 Å². The molecule has 0 amide bonds. The van der Waals surface area contributed by atoms with Gasteiger partial charge in [-0.25, -0.2) is 0 Å². The first-order valence-electron chi connectivity index (χ1n) is 6.90. The maximum absolute atomic E-state index is 5.41. The first kappa shape index (κ1) is 16.0. The number of ether oxygens (including phenoxy) is 1.